The second kappa shape index (κ2) is 9.84. The molecule has 4 rings (SSSR count). The minimum absolute atomic E-state index is 0.133. The number of rotatable bonds is 8. The number of aryl methyl sites for hydroxylation is 1. The number of furan rings is 1. The molecule has 0 radical (unpaired) electrons. The minimum atomic E-state index is -0.810. The molecule has 11 nitrogen and oxygen atoms in total. The third-order valence-corrected chi connectivity index (χ3v) is 5.75. The number of aromatic amines is 1. The van der Waals surface area contributed by atoms with Crippen LogP contribution < -0.4 is 27.4 Å². The van der Waals surface area contributed by atoms with Crippen molar-refractivity contribution < 1.29 is 9.21 Å². The quantitative estimate of drug-likeness (QED) is 0.392. The molecule has 182 valence electrons. The van der Waals surface area contributed by atoms with Gasteiger partial charge in [-0.15, -0.1) is 0 Å². The monoisotopic (exact) mass is 478 g/mol. The van der Waals surface area contributed by atoms with Crippen LogP contribution >= 0.6 is 0 Å². The average Bonchev–Trinajstić information content (AvgIpc) is 3.35. The first-order chi connectivity index (χ1) is 16.8. The Bertz CT molecular complexity index is 1550. The van der Waals surface area contributed by atoms with Gasteiger partial charge in [0.25, 0.3) is 11.1 Å². The normalized spacial score (nSPS) is 11.1. The summed E-state index contributed by atoms with van der Waals surface area (Å²) in [6.45, 7) is 3.40. The minimum Gasteiger partial charge on any atom is -0.467 e. The second-order valence-electron chi connectivity index (χ2n) is 8.15. The summed E-state index contributed by atoms with van der Waals surface area (Å²) in [5, 5.41) is 5.41. The lowest BCUT2D eigenvalue weighted by atomic mass is 10.1. The summed E-state index contributed by atoms with van der Waals surface area (Å²) >= 11 is 0. The van der Waals surface area contributed by atoms with E-state index in [4.69, 9.17) is 10.2 Å². The van der Waals surface area contributed by atoms with E-state index in [-0.39, 0.29) is 24.6 Å². The lowest BCUT2D eigenvalue weighted by Crippen LogP contribution is -2.43. The molecule has 0 aliphatic heterocycles. The highest BCUT2D eigenvalue weighted by molar-refractivity contribution is 5.95. The van der Waals surface area contributed by atoms with Crippen LogP contribution in [0.5, 0.6) is 0 Å². The van der Waals surface area contributed by atoms with Crippen LogP contribution in [-0.4, -0.2) is 25.2 Å². The molecule has 0 spiro atoms. The van der Waals surface area contributed by atoms with Crippen molar-refractivity contribution in [3.8, 4) is 0 Å². The zero-order valence-electron chi connectivity index (χ0n) is 19.5. The van der Waals surface area contributed by atoms with Gasteiger partial charge in [0.2, 0.25) is 5.91 Å². The van der Waals surface area contributed by atoms with E-state index in [9.17, 15) is 19.2 Å². The van der Waals surface area contributed by atoms with Gasteiger partial charge in [0.1, 0.15) is 18.1 Å². The summed E-state index contributed by atoms with van der Waals surface area (Å²) < 4.78 is 7.68. The molecule has 1 aromatic carbocycles. The van der Waals surface area contributed by atoms with Crippen LogP contribution in [-0.2, 0) is 24.4 Å². The Morgan fingerprint density at radius 2 is 1.89 bits per heavy atom. The molecule has 4 aromatic rings. The second-order valence-corrected chi connectivity index (χ2v) is 8.15. The molecule has 11 heteroatoms. The number of nitrogen functional groups attached to an aromatic ring is 1. The van der Waals surface area contributed by atoms with Gasteiger partial charge in [0, 0.05) is 11.9 Å². The molecule has 0 unspecified atom stereocenters. The topological polar surface area (TPSA) is 149 Å². The number of anilines is 2. The van der Waals surface area contributed by atoms with E-state index in [0.29, 0.717) is 28.6 Å². The zero-order chi connectivity index (χ0) is 25.1. The molecule has 0 saturated heterocycles. The molecule has 35 heavy (non-hydrogen) atoms. The van der Waals surface area contributed by atoms with Crippen LogP contribution in [0, 0.1) is 6.92 Å². The van der Waals surface area contributed by atoms with E-state index in [1.807, 2.05) is 6.92 Å². The first-order valence-corrected chi connectivity index (χ1v) is 11.2. The van der Waals surface area contributed by atoms with Crippen LogP contribution in [0.15, 0.2) is 61.5 Å². The number of nitrogens with zero attached hydrogens (tertiary/aromatic N) is 4. The summed E-state index contributed by atoms with van der Waals surface area (Å²) in [5.74, 6) is -0.371. The molecular formula is C24H26N6O5. The van der Waals surface area contributed by atoms with E-state index in [1.54, 1.807) is 43.3 Å². The molecule has 0 bridgehead atoms. The highest BCUT2D eigenvalue weighted by atomic mass is 16.3. The predicted octanol–water partition coefficient (Wildman–Crippen LogP) is 1.76. The number of carbonyl (C=O) groups excluding carboxylic acids is 1. The SMILES string of the molecule is CCCCn1c(N)c(N(Cc2ccco2)C(=O)Cn2nc(C)c3ccccc3c2=O)c(=O)[nH]c1=O. The maximum Gasteiger partial charge on any atom is 0.330 e. The van der Waals surface area contributed by atoms with Crippen molar-refractivity contribution >= 4 is 28.2 Å². The summed E-state index contributed by atoms with van der Waals surface area (Å²) in [6, 6.07) is 10.3. The van der Waals surface area contributed by atoms with Crippen molar-refractivity contribution in [1.82, 2.24) is 19.3 Å². The Balaban J connectivity index is 1.80. The summed E-state index contributed by atoms with van der Waals surface area (Å²) in [4.78, 5) is 55.1. The lowest BCUT2D eigenvalue weighted by molar-refractivity contribution is -0.119. The highest BCUT2D eigenvalue weighted by Gasteiger charge is 2.26. The molecule has 3 N–H and O–H groups in total. The number of nitrogens with one attached hydrogen (secondary N) is 1. The zero-order valence-corrected chi connectivity index (χ0v) is 19.5. The first-order valence-electron chi connectivity index (χ1n) is 11.2. The Labute approximate surface area is 199 Å². The predicted molar refractivity (Wildman–Crippen MR) is 131 cm³/mol. The van der Waals surface area contributed by atoms with Gasteiger partial charge in [0.15, 0.2) is 5.69 Å². The lowest BCUT2D eigenvalue weighted by Gasteiger charge is -2.24. The average molecular weight is 479 g/mol. The van der Waals surface area contributed by atoms with Crippen LogP contribution in [0.2, 0.25) is 0 Å². The number of nitrogens with two attached hydrogens (primary N) is 1. The maximum atomic E-state index is 13.5. The Morgan fingerprint density at radius 3 is 2.57 bits per heavy atom. The highest BCUT2D eigenvalue weighted by Crippen LogP contribution is 2.21. The third-order valence-electron chi connectivity index (χ3n) is 5.75. The molecule has 0 aliphatic carbocycles. The fraction of sp³-hybridized carbons (Fsp3) is 0.292. The Morgan fingerprint density at radius 1 is 1.14 bits per heavy atom. The smallest absolute Gasteiger partial charge is 0.330 e. The number of aromatic nitrogens is 4. The number of amides is 1. The molecule has 0 aliphatic rings. The summed E-state index contributed by atoms with van der Waals surface area (Å²) in [6.07, 6.45) is 2.88. The van der Waals surface area contributed by atoms with Gasteiger partial charge < -0.3 is 10.2 Å². The van der Waals surface area contributed by atoms with Gasteiger partial charge in [0.05, 0.1) is 23.9 Å². The van der Waals surface area contributed by atoms with E-state index in [0.717, 1.165) is 16.0 Å². The first kappa shape index (κ1) is 23.7. The number of carbonyl (C=O) groups is 1. The molecule has 3 aromatic heterocycles. The molecule has 0 atom stereocenters. The molecule has 3 heterocycles. The fourth-order valence-electron chi connectivity index (χ4n) is 3.95. The number of hydrogen-bond acceptors (Lipinski definition) is 7. The van der Waals surface area contributed by atoms with Gasteiger partial charge in [-0.2, -0.15) is 5.10 Å². The fourth-order valence-corrected chi connectivity index (χ4v) is 3.95. The van der Waals surface area contributed by atoms with Crippen molar-refractivity contribution in [3.05, 3.63) is 85.3 Å². The number of H-pyrrole nitrogens is 1. The van der Waals surface area contributed by atoms with Crippen LogP contribution in [0.1, 0.15) is 31.2 Å². The Hall–Kier alpha value is -4.41. The standard InChI is InChI=1S/C24H26N6O5/c1-3-4-11-28-21(25)20(22(32)26-24(28)34)29(13-16-8-7-12-35-16)19(31)14-30-23(33)18-10-6-5-9-17(18)15(2)27-30/h5-10,12H,3-4,11,13-14,25H2,1-2H3,(H,26,32,34). The van der Waals surface area contributed by atoms with Gasteiger partial charge >= 0.3 is 5.69 Å². The Kier molecular flexibility index (Phi) is 6.67. The molecular weight excluding hydrogens is 452 g/mol. The van der Waals surface area contributed by atoms with Crippen LogP contribution in [0.4, 0.5) is 11.5 Å². The molecule has 0 fully saturated rings. The van der Waals surface area contributed by atoms with Gasteiger partial charge in [-0.25, -0.2) is 9.48 Å². The van der Waals surface area contributed by atoms with Crippen molar-refractivity contribution in [2.24, 2.45) is 0 Å². The molecule has 0 saturated carbocycles. The van der Waals surface area contributed by atoms with Crippen molar-refractivity contribution in [1.29, 1.82) is 0 Å². The van der Waals surface area contributed by atoms with Gasteiger partial charge in [-0.3, -0.25) is 28.8 Å². The van der Waals surface area contributed by atoms with Crippen LogP contribution in [0.3, 0.4) is 0 Å². The van der Waals surface area contributed by atoms with Crippen molar-refractivity contribution in [2.45, 2.75) is 46.3 Å². The number of hydrogen-bond donors (Lipinski definition) is 2. The van der Waals surface area contributed by atoms with E-state index in [2.05, 4.69) is 10.1 Å². The third kappa shape index (κ3) is 4.65. The van der Waals surface area contributed by atoms with Gasteiger partial charge in [-0.1, -0.05) is 31.5 Å². The van der Waals surface area contributed by atoms with Crippen molar-refractivity contribution in [2.75, 3.05) is 10.6 Å². The van der Waals surface area contributed by atoms with Gasteiger partial charge in [-0.05, 0) is 31.5 Å². The number of fused-ring (bicyclic) bond motifs is 1. The van der Waals surface area contributed by atoms with Crippen molar-refractivity contribution in [3.63, 3.8) is 0 Å². The maximum absolute atomic E-state index is 13.5. The van der Waals surface area contributed by atoms with Crippen LogP contribution in [0.25, 0.3) is 10.8 Å². The van der Waals surface area contributed by atoms with E-state index >= 15 is 0 Å². The summed E-state index contributed by atoms with van der Waals surface area (Å²) in [7, 11) is 0. The van der Waals surface area contributed by atoms with E-state index in [1.165, 1.54) is 10.8 Å². The summed E-state index contributed by atoms with van der Waals surface area (Å²) in [5.41, 5.74) is 4.74. The largest absolute Gasteiger partial charge is 0.467 e. The van der Waals surface area contributed by atoms with E-state index < -0.39 is 29.3 Å². The number of benzene rings is 1. The molecule has 1 amide bonds. The number of unbranched alkanes of at least 4 members (excludes halogenated alkanes) is 1.